The van der Waals surface area contributed by atoms with Gasteiger partial charge in [0.15, 0.2) is 11.5 Å². The Labute approximate surface area is 158 Å². The predicted molar refractivity (Wildman–Crippen MR) is 105 cm³/mol. The second-order valence-corrected chi connectivity index (χ2v) is 7.18. The maximum atomic E-state index is 11.5. The van der Waals surface area contributed by atoms with Crippen molar-refractivity contribution in [3.8, 4) is 11.5 Å². The van der Waals surface area contributed by atoms with Crippen LogP contribution in [0.4, 0.5) is 11.4 Å². The Hall–Kier alpha value is -3.02. The number of ether oxygens (including phenoxy) is 2. The van der Waals surface area contributed by atoms with Crippen molar-refractivity contribution in [3.63, 3.8) is 0 Å². The summed E-state index contributed by atoms with van der Waals surface area (Å²) in [6.45, 7) is 4.31. The Morgan fingerprint density at radius 2 is 2.00 bits per heavy atom. The summed E-state index contributed by atoms with van der Waals surface area (Å²) in [6, 6.07) is 11.3. The number of nitro groups is 1. The van der Waals surface area contributed by atoms with Gasteiger partial charge in [0.1, 0.15) is 0 Å². The fourth-order valence-corrected chi connectivity index (χ4v) is 4.44. The van der Waals surface area contributed by atoms with Crippen LogP contribution in [-0.4, -0.2) is 24.8 Å². The third kappa shape index (κ3) is 2.07. The minimum Gasteiger partial charge on any atom is -0.493 e. The Kier molecular flexibility index (Phi) is 3.70. The molecule has 0 aliphatic carbocycles. The molecule has 2 unspecified atom stereocenters. The van der Waals surface area contributed by atoms with Crippen molar-refractivity contribution in [1.82, 2.24) is 0 Å². The number of likely N-dealkylation sites (N-methyl/N-ethyl adjacent to an activating group) is 1. The van der Waals surface area contributed by atoms with E-state index in [0.29, 0.717) is 17.1 Å². The van der Waals surface area contributed by atoms with Crippen molar-refractivity contribution < 1.29 is 14.4 Å². The molecule has 2 aromatic carbocycles. The molecule has 2 aliphatic rings. The zero-order chi connectivity index (χ0) is 19.4. The van der Waals surface area contributed by atoms with Crippen LogP contribution in [0.15, 0.2) is 42.5 Å². The van der Waals surface area contributed by atoms with Crippen LogP contribution in [0, 0.1) is 10.1 Å². The van der Waals surface area contributed by atoms with E-state index in [9.17, 15) is 10.1 Å². The van der Waals surface area contributed by atoms with Gasteiger partial charge in [-0.25, -0.2) is 0 Å². The molecule has 4 rings (SSSR count). The van der Waals surface area contributed by atoms with Gasteiger partial charge in [-0.2, -0.15) is 0 Å². The molecule has 0 fully saturated rings. The average Bonchev–Trinajstić information content (AvgIpc) is 2.87. The molecule has 2 aliphatic heterocycles. The SMILES string of the molecule is CCC1(C)c2ccccc2N(C)C12C=Cc1c([N+](=O)[O-])ccc(OC)c1O2. The number of benzene rings is 2. The molecular formula is C21H22N2O4. The standard InChI is InChI=1S/C21H22N2O4/c1-5-20(2)15-8-6-7-9-17(15)22(3)21(20)13-12-14-16(23(24)25)10-11-18(26-4)19(14)27-21/h6-13H,5H2,1-4H3. The maximum Gasteiger partial charge on any atom is 0.280 e. The molecule has 2 atom stereocenters. The first-order chi connectivity index (χ1) is 12.9. The largest absolute Gasteiger partial charge is 0.493 e. The van der Waals surface area contributed by atoms with Gasteiger partial charge >= 0.3 is 0 Å². The third-order valence-electron chi connectivity index (χ3n) is 6.14. The fourth-order valence-electron chi connectivity index (χ4n) is 4.44. The molecule has 0 N–H and O–H groups in total. The van der Waals surface area contributed by atoms with Crippen molar-refractivity contribution in [1.29, 1.82) is 0 Å². The summed E-state index contributed by atoms with van der Waals surface area (Å²) in [5, 5.41) is 11.5. The van der Waals surface area contributed by atoms with E-state index < -0.39 is 10.6 Å². The minimum atomic E-state index is -0.791. The molecule has 0 saturated carbocycles. The lowest BCUT2D eigenvalue weighted by Gasteiger charge is -2.47. The van der Waals surface area contributed by atoms with Crippen LogP contribution in [0.5, 0.6) is 11.5 Å². The lowest BCUT2D eigenvalue weighted by molar-refractivity contribution is -0.385. The molecule has 0 radical (unpaired) electrons. The molecule has 0 aromatic heterocycles. The molecular weight excluding hydrogens is 344 g/mol. The second kappa shape index (κ2) is 5.74. The van der Waals surface area contributed by atoms with Crippen LogP contribution in [0.2, 0.25) is 0 Å². The van der Waals surface area contributed by atoms with Crippen LogP contribution in [-0.2, 0) is 5.41 Å². The van der Waals surface area contributed by atoms with Gasteiger partial charge in [0.05, 0.1) is 23.0 Å². The smallest absolute Gasteiger partial charge is 0.280 e. The lowest BCUT2D eigenvalue weighted by Crippen LogP contribution is -2.59. The molecule has 2 aromatic rings. The molecule has 0 amide bonds. The first-order valence-corrected chi connectivity index (χ1v) is 8.96. The summed E-state index contributed by atoms with van der Waals surface area (Å²) in [7, 11) is 3.54. The van der Waals surface area contributed by atoms with Crippen molar-refractivity contribution in [2.45, 2.75) is 31.4 Å². The van der Waals surface area contributed by atoms with Gasteiger partial charge < -0.3 is 14.4 Å². The first-order valence-electron chi connectivity index (χ1n) is 8.96. The Morgan fingerprint density at radius 1 is 1.26 bits per heavy atom. The number of hydrogen-bond acceptors (Lipinski definition) is 5. The van der Waals surface area contributed by atoms with Gasteiger partial charge in [-0.05, 0) is 43.2 Å². The van der Waals surface area contributed by atoms with Crippen LogP contribution < -0.4 is 14.4 Å². The van der Waals surface area contributed by atoms with Crippen LogP contribution in [0.1, 0.15) is 31.4 Å². The quantitative estimate of drug-likeness (QED) is 0.590. The molecule has 6 nitrogen and oxygen atoms in total. The molecule has 0 saturated heterocycles. The van der Waals surface area contributed by atoms with E-state index in [1.165, 1.54) is 11.6 Å². The number of nitrogens with zero attached hydrogens (tertiary/aromatic N) is 2. The average molecular weight is 366 g/mol. The summed E-state index contributed by atoms with van der Waals surface area (Å²) in [5.41, 5.74) is 1.62. The maximum absolute atomic E-state index is 11.5. The topological polar surface area (TPSA) is 64.8 Å². The van der Waals surface area contributed by atoms with Crippen molar-refractivity contribution in [2.75, 3.05) is 19.1 Å². The fraction of sp³-hybridized carbons (Fsp3) is 0.333. The predicted octanol–water partition coefficient (Wildman–Crippen LogP) is 4.52. The Balaban J connectivity index is 1.95. The monoisotopic (exact) mass is 366 g/mol. The Morgan fingerprint density at radius 3 is 2.67 bits per heavy atom. The molecule has 2 heterocycles. The number of fused-ring (bicyclic) bond motifs is 2. The normalized spacial score (nSPS) is 25.1. The van der Waals surface area contributed by atoms with E-state index in [-0.39, 0.29) is 11.1 Å². The van der Waals surface area contributed by atoms with Gasteiger partial charge in [-0.1, -0.05) is 25.1 Å². The Bertz CT molecular complexity index is 971. The first kappa shape index (κ1) is 17.4. The lowest BCUT2D eigenvalue weighted by atomic mass is 9.72. The van der Waals surface area contributed by atoms with Crippen molar-refractivity contribution in [3.05, 3.63) is 63.7 Å². The van der Waals surface area contributed by atoms with Crippen molar-refractivity contribution in [2.24, 2.45) is 0 Å². The van der Waals surface area contributed by atoms with E-state index in [2.05, 4.69) is 30.9 Å². The number of para-hydroxylation sites is 1. The van der Waals surface area contributed by atoms with E-state index in [1.54, 1.807) is 19.3 Å². The highest BCUT2D eigenvalue weighted by molar-refractivity contribution is 5.77. The molecule has 0 bridgehead atoms. The zero-order valence-corrected chi connectivity index (χ0v) is 15.9. The highest BCUT2D eigenvalue weighted by Crippen LogP contribution is 2.57. The number of anilines is 1. The number of hydrogen-bond donors (Lipinski definition) is 0. The second-order valence-electron chi connectivity index (χ2n) is 7.18. The highest BCUT2D eigenvalue weighted by atomic mass is 16.6. The highest BCUT2D eigenvalue weighted by Gasteiger charge is 2.59. The van der Waals surface area contributed by atoms with E-state index in [4.69, 9.17) is 9.47 Å². The molecule has 1 spiro atoms. The van der Waals surface area contributed by atoms with Gasteiger partial charge in [0, 0.05) is 18.8 Å². The zero-order valence-electron chi connectivity index (χ0n) is 15.9. The van der Waals surface area contributed by atoms with Gasteiger partial charge in [-0.3, -0.25) is 10.1 Å². The third-order valence-corrected chi connectivity index (χ3v) is 6.14. The number of methoxy groups -OCH3 is 1. The van der Waals surface area contributed by atoms with Gasteiger partial charge in [0.25, 0.3) is 5.69 Å². The van der Waals surface area contributed by atoms with E-state index in [0.717, 1.165) is 12.1 Å². The minimum absolute atomic E-state index is 0.00765. The van der Waals surface area contributed by atoms with Gasteiger partial charge in [0.2, 0.25) is 5.72 Å². The van der Waals surface area contributed by atoms with Crippen LogP contribution >= 0.6 is 0 Å². The van der Waals surface area contributed by atoms with Crippen LogP contribution in [0.25, 0.3) is 6.08 Å². The summed E-state index contributed by atoms with van der Waals surface area (Å²) >= 11 is 0. The van der Waals surface area contributed by atoms with E-state index in [1.807, 2.05) is 25.3 Å². The van der Waals surface area contributed by atoms with E-state index >= 15 is 0 Å². The number of rotatable bonds is 3. The molecule has 27 heavy (non-hydrogen) atoms. The summed E-state index contributed by atoms with van der Waals surface area (Å²) < 4.78 is 12.1. The van der Waals surface area contributed by atoms with Crippen LogP contribution in [0.3, 0.4) is 0 Å². The summed E-state index contributed by atoms with van der Waals surface area (Å²) in [6.07, 6.45) is 4.59. The number of nitro benzene ring substituents is 1. The summed E-state index contributed by atoms with van der Waals surface area (Å²) in [5.74, 6) is 0.899. The molecule has 6 heteroatoms. The van der Waals surface area contributed by atoms with Crippen molar-refractivity contribution >= 4 is 17.5 Å². The summed E-state index contributed by atoms with van der Waals surface area (Å²) in [4.78, 5) is 13.2. The molecule has 140 valence electrons. The van der Waals surface area contributed by atoms with Gasteiger partial charge in [-0.15, -0.1) is 0 Å².